The summed E-state index contributed by atoms with van der Waals surface area (Å²) >= 11 is 5.86. The number of anilines is 2. The van der Waals surface area contributed by atoms with Gasteiger partial charge in [-0.3, -0.25) is 9.59 Å². The van der Waals surface area contributed by atoms with Gasteiger partial charge in [0.25, 0.3) is 5.91 Å². The van der Waals surface area contributed by atoms with E-state index in [-0.39, 0.29) is 23.7 Å². The third-order valence-electron chi connectivity index (χ3n) is 4.72. The smallest absolute Gasteiger partial charge is 0.255 e. The molecule has 30 heavy (non-hydrogen) atoms. The Morgan fingerprint density at radius 1 is 0.767 bits per heavy atom. The van der Waals surface area contributed by atoms with E-state index in [0.29, 0.717) is 22.0 Å². The molecule has 0 radical (unpaired) electrons. The van der Waals surface area contributed by atoms with E-state index in [0.717, 1.165) is 5.56 Å². The highest BCUT2D eigenvalue weighted by Gasteiger charge is 2.14. The van der Waals surface area contributed by atoms with Crippen molar-refractivity contribution in [1.82, 2.24) is 0 Å². The Morgan fingerprint density at radius 2 is 1.30 bits per heavy atom. The van der Waals surface area contributed by atoms with Gasteiger partial charge in [-0.05, 0) is 65.1 Å². The molecule has 2 amide bonds. The lowest BCUT2D eigenvalue weighted by atomic mass is 9.87. The number of hydrogen-bond acceptors (Lipinski definition) is 2. The summed E-state index contributed by atoms with van der Waals surface area (Å²) in [6, 6.07) is 21.9. The average Bonchev–Trinajstić information content (AvgIpc) is 2.70. The number of benzene rings is 3. The van der Waals surface area contributed by atoms with Gasteiger partial charge < -0.3 is 10.6 Å². The number of amides is 2. The predicted octanol–water partition coefficient (Wildman–Crippen LogP) is 6.07. The van der Waals surface area contributed by atoms with Crippen molar-refractivity contribution < 1.29 is 9.59 Å². The summed E-state index contributed by atoms with van der Waals surface area (Å²) in [5.74, 6) is -0.289. The number of halogens is 1. The first-order valence-corrected chi connectivity index (χ1v) is 10.1. The summed E-state index contributed by atoms with van der Waals surface area (Å²) in [4.78, 5) is 24.7. The normalized spacial score (nSPS) is 11.1. The zero-order valence-corrected chi connectivity index (χ0v) is 18.1. The third kappa shape index (κ3) is 5.94. The largest absolute Gasteiger partial charge is 0.326 e. The maximum Gasteiger partial charge on any atom is 0.255 e. The summed E-state index contributed by atoms with van der Waals surface area (Å²) in [5, 5.41) is 6.37. The molecule has 0 aromatic heterocycles. The molecular formula is C25H25ClN2O2. The van der Waals surface area contributed by atoms with Crippen molar-refractivity contribution in [3.63, 3.8) is 0 Å². The van der Waals surface area contributed by atoms with Crippen LogP contribution in [-0.2, 0) is 16.6 Å². The Bertz CT molecular complexity index is 1020. The van der Waals surface area contributed by atoms with Crippen LogP contribution in [0.4, 0.5) is 11.4 Å². The number of carbonyl (C=O) groups is 2. The maximum absolute atomic E-state index is 12.5. The Hall–Kier alpha value is -3.11. The van der Waals surface area contributed by atoms with E-state index in [1.807, 2.05) is 36.4 Å². The molecule has 0 saturated heterocycles. The van der Waals surface area contributed by atoms with Gasteiger partial charge in [-0.15, -0.1) is 0 Å². The van der Waals surface area contributed by atoms with Crippen LogP contribution in [-0.4, -0.2) is 11.8 Å². The minimum Gasteiger partial charge on any atom is -0.326 e. The summed E-state index contributed by atoms with van der Waals surface area (Å²) in [6.45, 7) is 6.41. The van der Waals surface area contributed by atoms with Crippen molar-refractivity contribution in [3.8, 4) is 0 Å². The number of hydrogen-bond donors (Lipinski definition) is 2. The van der Waals surface area contributed by atoms with E-state index in [1.54, 1.807) is 36.4 Å². The second-order valence-electron chi connectivity index (χ2n) is 8.21. The van der Waals surface area contributed by atoms with Crippen LogP contribution in [0.2, 0.25) is 5.02 Å². The molecule has 3 aromatic carbocycles. The van der Waals surface area contributed by atoms with Gasteiger partial charge >= 0.3 is 0 Å². The van der Waals surface area contributed by atoms with E-state index in [9.17, 15) is 9.59 Å². The highest BCUT2D eigenvalue weighted by Crippen LogP contribution is 2.22. The SMILES string of the molecule is CC(C)(C)c1ccc(C(=O)Nc2ccc(NC(=O)Cc3ccc(Cl)cc3)cc2)cc1. The lowest BCUT2D eigenvalue weighted by Gasteiger charge is -2.19. The fourth-order valence-electron chi connectivity index (χ4n) is 2.95. The molecule has 3 rings (SSSR count). The zero-order chi connectivity index (χ0) is 21.7. The molecular weight excluding hydrogens is 396 g/mol. The standard InChI is InChI=1S/C25H25ClN2O2/c1-25(2,3)19-8-6-18(7-9-19)24(30)28-22-14-12-21(13-15-22)27-23(29)16-17-4-10-20(26)11-5-17/h4-15H,16H2,1-3H3,(H,27,29)(H,28,30). The molecule has 3 aromatic rings. The van der Waals surface area contributed by atoms with Crippen LogP contribution < -0.4 is 10.6 Å². The Kier molecular flexibility index (Phi) is 6.58. The third-order valence-corrected chi connectivity index (χ3v) is 4.97. The Labute approximate surface area is 182 Å². The van der Waals surface area contributed by atoms with Crippen LogP contribution in [0.15, 0.2) is 72.8 Å². The van der Waals surface area contributed by atoms with E-state index in [4.69, 9.17) is 11.6 Å². The highest BCUT2D eigenvalue weighted by atomic mass is 35.5. The fourth-order valence-corrected chi connectivity index (χ4v) is 3.08. The number of nitrogens with one attached hydrogen (secondary N) is 2. The first kappa shape index (κ1) is 21.6. The molecule has 0 aliphatic carbocycles. The predicted molar refractivity (Wildman–Crippen MR) is 123 cm³/mol. The summed E-state index contributed by atoms with van der Waals surface area (Å²) < 4.78 is 0. The van der Waals surface area contributed by atoms with Crippen molar-refractivity contribution in [2.45, 2.75) is 32.6 Å². The molecule has 2 N–H and O–H groups in total. The van der Waals surface area contributed by atoms with Crippen molar-refractivity contribution in [3.05, 3.63) is 94.5 Å². The molecule has 0 fully saturated rings. The fraction of sp³-hybridized carbons (Fsp3) is 0.200. The molecule has 0 spiro atoms. The lowest BCUT2D eigenvalue weighted by Crippen LogP contribution is -2.15. The summed E-state index contributed by atoms with van der Waals surface area (Å²) in [6.07, 6.45) is 0.264. The Balaban J connectivity index is 1.56. The van der Waals surface area contributed by atoms with Gasteiger partial charge in [-0.2, -0.15) is 0 Å². The Morgan fingerprint density at radius 3 is 1.83 bits per heavy atom. The van der Waals surface area contributed by atoms with Crippen molar-refractivity contribution in [2.24, 2.45) is 0 Å². The first-order chi connectivity index (χ1) is 14.2. The van der Waals surface area contributed by atoms with E-state index < -0.39 is 0 Å². The monoisotopic (exact) mass is 420 g/mol. The summed E-state index contributed by atoms with van der Waals surface area (Å²) in [5.41, 5.74) is 4.04. The molecule has 5 heteroatoms. The molecule has 0 heterocycles. The van der Waals surface area contributed by atoms with E-state index >= 15 is 0 Å². The van der Waals surface area contributed by atoms with Gasteiger partial charge in [0, 0.05) is 22.0 Å². The van der Waals surface area contributed by atoms with Gasteiger partial charge in [0.15, 0.2) is 0 Å². The van der Waals surface area contributed by atoms with Gasteiger partial charge in [0.2, 0.25) is 5.91 Å². The molecule has 0 aliphatic rings. The van der Waals surface area contributed by atoms with E-state index in [1.165, 1.54) is 5.56 Å². The van der Waals surface area contributed by atoms with Crippen molar-refractivity contribution in [2.75, 3.05) is 10.6 Å². The second kappa shape index (κ2) is 9.14. The lowest BCUT2D eigenvalue weighted by molar-refractivity contribution is -0.115. The molecule has 4 nitrogen and oxygen atoms in total. The topological polar surface area (TPSA) is 58.2 Å². The second-order valence-corrected chi connectivity index (χ2v) is 8.65. The maximum atomic E-state index is 12.5. The van der Waals surface area contributed by atoms with E-state index in [2.05, 4.69) is 31.4 Å². The molecule has 0 bridgehead atoms. The van der Waals surface area contributed by atoms with Gasteiger partial charge in [0.1, 0.15) is 0 Å². The van der Waals surface area contributed by atoms with Crippen molar-refractivity contribution >= 4 is 34.8 Å². The minimum absolute atomic E-state index is 0.0445. The number of rotatable bonds is 5. The summed E-state index contributed by atoms with van der Waals surface area (Å²) in [7, 11) is 0. The van der Waals surface area contributed by atoms with Crippen LogP contribution in [0.25, 0.3) is 0 Å². The molecule has 0 atom stereocenters. The van der Waals surface area contributed by atoms with Crippen LogP contribution in [0.3, 0.4) is 0 Å². The van der Waals surface area contributed by atoms with Crippen LogP contribution in [0.5, 0.6) is 0 Å². The van der Waals surface area contributed by atoms with Crippen LogP contribution >= 0.6 is 11.6 Å². The molecule has 154 valence electrons. The quantitative estimate of drug-likeness (QED) is 0.526. The molecule has 0 unspecified atom stereocenters. The average molecular weight is 421 g/mol. The molecule has 0 saturated carbocycles. The van der Waals surface area contributed by atoms with Crippen LogP contribution in [0, 0.1) is 0 Å². The van der Waals surface area contributed by atoms with Crippen LogP contribution in [0.1, 0.15) is 42.3 Å². The van der Waals surface area contributed by atoms with Gasteiger partial charge in [-0.1, -0.05) is 56.6 Å². The van der Waals surface area contributed by atoms with Gasteiger partial charge in [0.05, 0.1) is 6.42 Å². The van der Waals surface area contributed by atoms with Crippen molar-refractivity contribution in [1.29, 1.82) is 0 Å². The molecule has 0 aliphatic heterocycles. The zero-order valence-electron chi connectivity index (χ0n) is 17.3. The minimum atomic E-state index is -0.171. The van der Waals surface area contributed by atoms with Gasteiger partial charge in [-0.25, -0.2) is 0 Å². The highest BCUT2D eigenvalue weighted by molar-refractivity contribution is 6.30. The first-order valence-electron chi connectivity index (χ1n) is 9.77. The number of carbonyl (C=O) groups excluding carboxylic acids is 2.